The lowest BCUT2D eigenvalue weighted by Crippen LogP contribution is -2.53. The third-order valence-electron chi connectivity index (χ3n) is 3.86. The van der Waals surface area contributed by atoms with Gasteiger partial charge in [-0.25, -0.2) is 9.18 Å². The number of rotatable bonds is 3. The summed E-state index contributed by atoms with van der Waals surface area (Å²) in [5.74, 6) is -0.920. The molecule has 0 atom stereocenters. The van der Waals surface area contributed by atoms with Crippen LogP contribution >= 0.6 is 0 Å². The molecule has 1 fully saturated rings. The van der Waals surface area contributed by atoms with Crippen LogP contribution in [0.1, 0.15) is 31.1 Å². The monoisotopic (exact) mass is 364 g/mol. The number of imide groups is 1. The molecule has 0 aromatic heterocycles. The quantitative estimate of drug-likeness (QED) is 0.845. The molecule has 2 N–H and O–H groups in total. The number of piperazine rings is 1. The predicted octanol–water partition coefficient (Wildman–Crippen LogP) is 1.21. The molecule has 142 valence electrons. The second-order valence-electron chi connectivity index (χ2n) is 7.33. The Kier molecular flexibility index (Phi) is 6.31. The number of benzene rings is 1. The fraction of sp³-hybridized carbons (Fsp3) is 0.500. The molecule has 7 nitrogen and oxygen atoms in total. The fourth-order valence-electron chi connectivity index (χ4n) is 2.63. The maximum atomic E-state index is 12.9. The fourth-order valence-corrected chi connectivity index (χ4v) is 2.63. The molecule has 1 heterocycles. The van der Waals surface area contributed by atoms with E-state index in [-0.39, 0.29) is 24.2 Å². The maximum absolute atomic E-state index is 12.9. The second kappa shape index (κ2) is 8.27. The molecular weight excluding hydrogens is 339 g/mol. The van der Waals surface area contributed by atoms with Crippen LogP contribution in [0.3, 0.4) is 0 Å². The summed E-state index contributed by atoms with van der Waals surface area (Å²) in [6.45, 7) is 7.57. The van der Waals surface area contributed by atoms with Gasteiger partial charge in [0.1, 0.15) is 5.82 Å². The average molecular weight is 364 g/mol. The molecule has 2 rings (SSSR count). The van der Waals surface area contributed by atoms with Crippen molar-refractivity contribution in [3.05, 3.63) is 35.6 Å². The summed E-state index contributed by atoms with van der Waals surface area (Å²) in [5, 5.41) is 4.96. The number of hydrogen-bond acceptors (Lipinski definition) is 4. The summed E-state index contributed by atoms with van der Waals surface area (Å²) in [7, 11) is 0. The van der Waals surface area contributed by atoms with Crippen LogP contribution in [0.25, 0.3) is 0 Å². The third kappa shape index (κ3) is 6.11. The van der Waals surface area contributed by atoms with Crippen molar-refractivity contribution in [2.75, 3.05) is 32.7 Å². The molecule has 1 saturated heterocycles. The first-order chi connectivity index (χ1) is 12.1. The van der Waals surface area contributed by atoms with E-state index in [2.05, 4.69) is 10.6 Å². The van der Waals surface area contributed by atoms with Gasteiger partial charge in [0.15, 0.2) is 0 Å². The van der Waals surface area contributed by atoms with E-state index in [9.17, 15) is 18.8 Å². The zero-order valence-corrected chi connectivity index (χ0v) is 15.3. The standard InChI is InChI=1S/C18H25FN4O3/c1-18(2,3)21-17(26)20-15(24)12-22-8-10-23(11-9-22)16(25)13-4-6-14(19)7-5-13/h4-7H,8-12H2,1-3H3,(H2,20,21,24,26). The molecule has 1 aromatic rings. The predicted molar refractivity (Wildman–Crippen MR) is 95.2 cm³/mol. The summed E-state index contributed by atoms with van der Waals surface area (Å²) < 4.78 is 12.9. The lowest BCUT2D eigenvalue weighted by atomic mass is 10.1. The average Bonchev–Trinajstić information content (AvgIpc) is 2.53. The van der Waals surface area contributed by atoms with Gasteiger partial charge in [0, 0.05) is 37.3 Å². The molecule has 0 spiro atoms. The van der Waals surface area contributed by atoms with E-state index in [0.717, 1.165) is 0 Å². The van der Waals surface area contributed by atoms with Crippen LogP contribution in [-0.4, -0.2) is 65.9 Å². The van der Waals surface area contributed by atoms with Crippen LogP contribution in [0.15, 0.2) is 24.3 Å². The summed E-state index contributed by atoms with van der Waals surface area (Å²) in [6, 6.07) is 4.93. The topological polar surface area (TPSA) is 81.8 Å². The van der Waals surface area contributed by atoms with E-state index in [1.807, 2.05) is 25.7 Å². The number of halogens is 1. The van der Waals surface area contributed by atoms with Crippen molar-refractivity contribution in [2.45, 2.75) is 26.3 Å². The Morgan fingerprint density at radius 1 is 1.04 bits per heavy atom. The number of nitrogens with zero attached hydrogens (tertiary/aromatic N) is 2. The van der Waals surface area contributed by atoms with E-state index >= 15 is 0 Å². The second-order valence-corrected chi connectivity index (χ2v) is 7.33. The molecule has 0 aliphatic carbocycles. The van der Waals surface area contributed by atoms with E-state index in [1.165, 1.54) is 24.3 Å². The first-order valence-electron chi connectivity index (χ1n) is 8.53. The van der Waals surface area contributed by atoms with Crippen LogP contribution in [0.4, 0.5) is 9.18 Å². The molecule has 1 aliphatic rings. The van der Waals surface area contributed by atoms with Crippen molar-refractivity contribution < 1.29 is 18.8 Å². The number of carbonyl (C=O) groups excluding carboxylic acids is 3. The van der Waals surface area contributed by atoms with Gasteiger partial charge in [-0.05, 0) is 45.0 Å². The Bertz CT molecular complexity index is 662. The van der Waals surface area contributed by atoms with Crippen molar-refractivity contribution in [3.8, 4) is 0 Å². The van der Waals surface area contributed by atoms with Crippen LogP contribution in [0.2, 0.25) is 0 Å². The summed E-state index contributed by atoms with van der Waals surface area (Å²) >= 11 is 0. The van der Waals surface area contributed by atoms with Gasteiger partial charge >= 0.3 is 6.03 Å². The minimum absolute atomic E-state index is 0.0934. The molecular formula is C18H25FN4O3. The van der Waals surface area contributed by atoms with Crippen molar-refractivity contribution in [1.29, 1.82) is 0 Å². The Morgan fingerprint density at radius 2 is 1.62 bits per heavy atom. The Morgan fingerprint density at radius 3 is 2.15 bits per heavy atom. The highest BCUT2D eigenvalue weighted by molar-refractivity contribution is 5.95. The first kappa shape index (κ1) is 19.8. The Hall–Kier alpha value is -2.48. The summed E-state index contributed by atoms with van der Waals surface area (Å²) in [5.41, 5.74) is 0.0212. The molecule has 0 saturated carbocycles. The minimum Gasteiger partial charge on any atom is -0.336 e. The van der Waals surface area contributed by atoms with E-state index < -0.39 is 11.6 Å². The van der Waals surface area contributed by atoms with Gasteiger partial charge in [-0.1, -0.05) is 0 Å². The lowest BCUT2D eigenvalue weighted by Gasteiger charge is -2.34. The van der Waals surface area contributed by atoms with Crippen LogP contribution < -0.4 is 10.6 Å². The largest absolute Gasteiger partial charge is 0.336 e. The van der Waals surface area contributed by atoms with E-state index in [1.54, 1.807) is 4.90 Å². The van der Waals surface area contributed by atoms with Gasteiger partial charge in [-0.2, -0.15) is 0 Å². The summed E-state index contributed by atoms with van der Waals surface area (Å²) in [6.07, 6.45) is 0. The maximum Gasteiger partial charge on any atom is 0.321 e. The Balaban J connectivity index is 1.77. The third-order valence-corrected chi connectivity index (χ3v) is 3.86. The van der Waals surface area contributed by atoms with Crippen LogP contribution in [-0.2, 0) is 4.79 Å². The molecule has 1 aliphatic heterocycles. The highest BCUT2D eigenvalue weighted by Gasteiger charge is 2.24. The molecule has 8 heteroatoms. The number of carbonyl (C=O) groups is 3. The van der Waals surface area contributed by atoms with Gasteiger partial charge in [-0.3, -0.25) is 19.8 Å². The van der Waals surface area contributed by atoms with Crippen LogP contribution in [0, 0.1) is 5.82 Å². The molecule has 1 aromatic carbocycles. The van der Waals surface area contributed by atoms with E-state index in [4.69, 9.17) is 0 Å². The normalized spacial score (nSPS) is 15.5. The molecule has 0 radical (unpaired) electrons. The number of amides is 4. The number of nitrogens with one attached hydrogen (secondary N) is 2. The minimum atomic E-state index is -0.521. The molecule has 4 amide bonds. The Labute approximate surface area is 152 Å². The number of urea groups is 1. The zero-order valence-electron chi connectivity index (χ0n) is 15.3. The molecule has 0 unspecified atom stereocenters. The van der Waals surface area contributed by atoms with Crippen molar-refractivity contribution in [1.82, 2.24) is 20.4 Å². The first-order valence-corrected chi connectivity index (χ1v) is 8.53. The lowest BCUT2D eigenvalue weighted by molar-refractivity contribution is -0.121. The van der Waals surface area contributed by atoms with Crippen molar-refractivity contribution in [3.63, 3.8) is 0 Å². The van der Waals surface area contributed by atoms with E-state index in [0.29, 0.717) is 31.7 Å². The van der Waals surface area contributed by atoms with Gasteiger partial charge in [0.05, 0.1) is 6.54 Å². The highest BCUT2D eigenvalue weighted by atomic mass is 19.1. The number of hydrogen-bond donors (Lipinski definition) is 2. The molecule has 26 heavy (non-hydrogen) atoms. The smallest absolute Gasteiger partial charge is 0.321 e. The van der Waals surface area contributed by atoms with Gasteiger partial charge in [0.25, 0.3) is 5.91 Å². The van der Waals surface area contributed by atoms with Crippen molar-refractivity contribution in [2.24, 2.45) is 0 Å². The molecule has 0 bridgehead atoms. The van der Waals surface area contributed by atoms with Crippen molar-refractivity contribution >= 4 is 17.8 Å². The zero-order chi connectivity index (χ0) is 19.3. The van der Waals surface area contributed by atoms with Gasteiger partial charge in [0.2, 0.25) is 5.91 Å². The van der Waals surface area contributed by atoms with Gasteiger partial charge in [-0.15, -0.1) is 0 Å². The van der Waals surface area contributed by atoms with Crippen LogP contribution in [0.5, 0.6) is 0 Å². The van der Waals surface area contributed by atoms with Gasteiger partial charge < -0.3 is 10.2 Å². The SMILES string of the molecule is CC(C)(C)NC(=O)NC(=O)CN1CCN(C(=O)c2ccc(F)cc2)CC1. The summed E-state index contributed by atoms with van der Waals surface area (Å²) in [4.78, 5) is 39.6. The highest BCUT2D eigenvalue weighted by Crippen LogP contribution is 2.10.